The van der Waals surface area contributed by atoms with Crippen LogP contribution in [0, 0.1) is 0 Å². The molecule has 0 aliphatic carbocycles. The molecule has 0 radical (unpaired) electrons. The predicted molar refractivity (Wildman–Crippen MR) is 112 cm³/mol. The van der Waals surface area contributed by atoms with Gasteiger partial charge in [0.2, 0.25) is 0 Å². The van der Waals surface area contributed by atoms with Crippen LogP contribution in [-0.4, -0.2) is 10.1 Å². The van der Waals surface area contributed by atoms with E-state index in [0.717, 1.165) is 0 Å². The minimum absolute atomic E-state index is 0.00692. The van der Waals surface area contributed by atoms with Gasteiger partial charge in [-0.1, -0.05) is 11.6 Å². The van der Waals surface area contributed by atoms with Crippen molar-refractivity contribution in [1.82, 2.24) is 4.98 Å². The molecule has 6 nitrogen and oxygen atoms in total. The minimum atomic E-state index is -0.586. The van der Waals surface area contributed by atoms with E-state index in [2.05, 4.69) is 4.98 Å². The number of halogens is 1. The lowest BCUT2D eigenvalue weighted by Gasteiger charge is -2.01. The molecular weight excluding hydrogens is 414 g/mol. The Kier molecular flexibility index (Phi) is 4.01. The summed E-state index contributed by atoms with van der Waals surface area (Å²) in [7, 11) is 0. The quantitative estimate of drug-likeness (QED) is 0.399. The summed E-state index contributed by atoms with van der Waals surface area (Å²) in [4.78, 5) is 29.2. The third kappa shape index (κ3) is 3.10. The fourth-order valence-electron chi connectivity index (χ4n) is 3.04. The average Bonchev–Trinajstić information content (AvgIpc) is 3.16. The molecule has 3 heterocycles. The van der Waals surface area contributed by atoms with Gasteiger partial charge in [0, 0.05) is 27.2 Å². The molecule has 5 aromatic rings. The Balaban J connectivity index is 1.64. The van der Waals surface area contributed by atoms with Crippen LogP contribution in [0.3, 0.4) is 0 Å². The normalized spacial score (nSPS) is 11.3. The van der Waals surface area contributed by atoms with E-state index in [1.807, 2.05) is 0 Å². The second-order valence-electron chi connectivity index (χ2n) is 6.34. The largest absolute Gasteiger partial charge is 0.508 e. The third-order valence-electron chi connectivity index (χ3n) is 4.42. The molecule has 0 saturated carbocycles. The minimum Gasteiger partial charge on any atom is -0.508 e. The first kappa shape index (κ1) is 17.7. The Morgan fingerprint density at radius 1 is 0.862 bits per heavy atom. The monoisotopic (exact) mass is 423 g/mol. The third-order valence-corrected chi connectivity index (χ3v) is 5.54. The summed E-state index contributed by atoms with van der Waals surface area (Å²) >= 11 is 7.24. The van der Waals surface area contributed by atoms with Crippen molar-refractivity contribution in [1.29, 1.82) is 0 Å². The average molecular weight is 424 g/mol. The number of nitrogens with zero attached hydrogens (tertiary/aromatic N) is 1. The summed E-state index contributed by atoms with van der Waals surface area (Å²) in [6, 6.07) is 12.8. The summed E-state index contributed by atoms with van der Waals surface area (Å²) in [5, 5.41) is 13.5. The molecule has 8 heteroatoms. The predicted octanol–water partition coefficient (Wildman–Crippen LogP) is 5.05. The Morgan fingerprint density at radius 3 is 2.48 bits per heavy atom. The van der Waals surface area contributed by atoms with Gasteiger partial charge in [0.05, 0.1) is 16.8 Å². The van der Waals surface area contributed by atoms with Crippen molar-refractivity contribution in [2.24, 2.45) is 0 Å². The highest BCUT2D eigenvalue weighted by Crippen LogP contribution is 2.30. The highest BCUT2D eigenvalue weighted by molar-refractivity contribution is 7.13. The molecule has 0 amide bonds. The fraction of sp³-hybridized carbons (Fsp3) is 0. The molecule has 5 rings (SSSR count). The first-order chi connectivity index (χ1) is 14.0. The number of aromatic hydroxyl groups is 1. The van der Waals surface area contributed by atoms with Gasteiger partial charge in [0.15, 0.2) is 0 Å². The maximum atomic E-state index is 12.4. The van der Waals surface area contributed by atoms with Crippen LogP contribution in [0.1, 0.15) is 0 Å². The Hall–Kier alpha value is -3.42. The van der Waals surface area contributed by atoms with Crippen molar-refractivity contribution < 1.29 is 13.9 Å². The summed E-state index contributed by atoms with van der Waals surface area (Å²) in [6.07, 6.45) is 0. The summed E-state index contributed by atoms with van der Waals surface area (Å²) in [5.41, 5.74) is 0.531. The number of hydrogen-bond donors (Lipinski definition) is 1. The number of hydrogen-bond acceptors (Lipinski definition) is 7. The molecule has 0 unspecified atom stereocenters. The zero-order chi connectivity index (χ0) is 20.1. The van der Waals surface area contributed by atoms with Crippen LogP contribution in [0.2, 0.25) is 5.02 Å². The number of benzene rings is 2. The molecule has 29 heavy (non-hydrogen) atoms. The van der Waals surface area contributed by atoms with Crippen molar-refractivity contribution in [3.8, 4) is 27.6 Å². The van der Waals surface area contributed by atoms with Crippen molar-refractivity contribution in [3.05, 3.63) is 79.8 Å². The van der Waals surface area contributed by atoms with Gasteiger partial charge in [-0.2, -0.15) is 0 Å². The molecule has 0 atom stereocenters. The second-order valence-corrected chi connectivity index (χ2v) is 7.63. The number of rotatable bonds is 2. The molecule has 0 fully saturated rings. The standard InChI is InChI=1S/C21H10ClNO5S/c22-12-2-4-17-11(5-12)7-15(21(26)27-17)19-23-16(9-29-19)14-6-10-1-3-13(24)8-18(10)28-20(14)25/h1-9,24H. The van der Waals surface area contributed by atoms with Gasteiger partial charge in [-0.05, 0) is 42.5 Å². The van der Waals surface area contributed by atoms with Crippen LogP contribution in [0.15, 0.2) is 72.3 Å². The second kappa shape index (κ2) is 6.58. The zero-order valence-electron chi connectivity index (χ0n) is 14.5. The van der Waals surface area contributed by atoms with Crippen molar-refractivity contribution in [2.75, 3.05) is 0 Å². The van der Waals surface area contributed by atoms with Crippen molar-refractivity contribution in [3.63, 3.8) is 0 Å². The molecule has 1 N–H and O–H groups in total. The van der Waals surface area contributed by atoms with Gasteiger partial charge in [0.1, 0.15) is 21.9 Å². The van der Waals surface area contributed by atoms with E-state index < -0.39 is 11.3 Å². The molecule has 0 aliphatic rings. The lowest BCUT2D eigenvalue weighted by molar-refractivity contribution is 0.473. The van der Waals surface area contributed by atoms with Gasteiger partial charge in [-0.15, -0.1) is 11.3 Å². The van der Waals surface area contributed by atoms with Crippen LogP contribution >= 0.6 is 22.9 Å². The first-order valence-electron chi connectivity index (χ1n) is 8.44. The van der Waals surface area contributed by atoms with Gasteiger partial charge in [-0.3, -0.25) is 0 Å². The fourth-order valence-corrected chi connectivity index (χ4v) is 4.05. The van der Waals surface area contributed by atoms with E-state index in [-0.39, 0.29) is 22.5 Å². The van der Waals surface area contributed by atoms with Gasteiger partial charge in [-0.25, -0.2) is 14.6 Å². The van der Waals surface area contributed by atoms with Crippen molar-refractivity contribution >= 4 is 44.9 Å². The van der Waals surface area contributed by atoms with Crippen LogP contribution in [0.4, 0.5) is 0 Å². The van der Waals surface area contributed by atoms with Gasteiger partial charge >= 0.3 is 11.3 Å². The van der Waals surface area contributed by atoms with Crippen molar-refractivity contribution in [2.45, 2.75) is 0 Å². The summed E-state index contributed by atoms with van der Waals surface area (Å²) in [6.45, 7) is 0. The number of thiazole rings is 1. The number of phenolic OH excluding ortho intramolecular Hbond substituents is 1. The SMILES string of the molecule is O=c1oc2cc(O)ccc2cc1-c1csc(-c2cc3cc(Cl)ccc3oc2=O)n1. The maximum Gasteiger partial charge on any atom is 0.346 e. The molecule has 0 spiro atoms. The van der Waals surface area contributed by atoms with Crippen LogP contribution in [-0.2, 0) is 0 Å². The molecule has 0 bridgehead atoms. The van der Waals surface area contributed by atoms with E-state index in [4.69, 9.17) is 20.4 Å². The van der Waals surface area contributed by atoms with Crippen LogP contribution in [0.5, 0.6) is 5.75 Å². The van der Waals surface area contributed by atoms with E-state index in [1.54, 1.807) is 41.8 Å². The number of phenols is 1. The Bertz CT molecular complexity index is 1530. The molecule has 2 aromatic carbocycles. The van der Waals surface area contributed by atoms with Crippen LogP contribution < -0.4 is 11.3 Å². The summed E-state index contributed by atoms with van der Waals surface area (Å²) in [5.74, 6) is 0.00692. The van der Waals surface area contributed by atoms with E-state index in [0.29, 0.717) is 32.1 Å². The molecule has 0 saturated heterocycles. The number of fused-ring (bicyclic) bond motifs is 2. The molecular formula is C21H10ClNO5S. The molecule has 0 aliphatic heterocycles. The highest BCUT2D eigenvalue weighted by atomic mass is 35.5. The highest BCUT2D eigenvalue weighted by Gasteiger charge is 2.16. The molecule has 142 valence electrons. The zero-order valence-corrected chi connectivity index (χ0v) is 16.1. The Labute approximate surface area is 171 Å². The lowest BCUT2D eigenvalue weighted by atomic mass is 10.1. The van der Waals surface area contributed by atoms with E-state index in [1.165, 1.54) is 23.5 Å². The topological polar surface area (TPSA) is 93.5 Å². The molecule has 3 aromatic heterocycles. The van der Waals surface area contributed by atoms with Gasteiger partial charge in [0.25, 0.3) is 0 Å². The number of aromatic nitrogens is 1. The maximum absolute atomic E-state index is 12.4. The van der Waals surface area contributed by atoms with E-state index >= 15 is 0 Å². The smallest absolute Gasteiger partial charge is 0.346 e. The lowest BCUT2D eigenvalue weighted by Crippen LogP contribution is -2.04. The Morgan fingerprint density at radius 2 is 1.62 bits per heavy atom. The summed E-state index contributed by atoms with van der Waals surface area (Å²) < 4.78 is 10.7. The first-order valence-corrected chi connectivity index (χ1v) is 9.70. The van der Waals surface area contributed by atoms with Crippen LogP contribution in [0.25, 0.3) is 43.8 Å². The van der Waals surface area contributed by atoms with E-state index in [9.17, 15) is 14.7 Å². The van der Waals surface area contributed by atoms with Gasteiger partial charge < -0.3 is 13.9 Å².